The molecule has 0 spiro atoms. The number of H-pyrrole nitrogens is 1. The Morgan fingerprint density at radius 1 is 1.32 bits per heavy atom. The van der Waals surface area contributed by atoms with E-state index in [1.807, 2.05) is 30.5 Å². The van der Waals surface area contributed by atoms with E-state index >= 15 is 0 Å². The smallest absolute Gasteiger partial charge is 0.255 e. The average molecular weight is 302 g/mol. The summed E-state index contributed by atoms with van der Waals surface area (Å²) in [7, 11) is 0. The number of hydrazine groups is 1. The van der Waals surface area contributed by atoms with Gasteiger partial charge in [0.1, 0.15) is 0 Å². The number of ether oxygens (including phenoxy) is 1. The number of benzene rings is 1. The van der Waals surface area contributed by atoms with Crippen molar-refractivity contribution in [2.24, 2.45) is 11.7 Å². The topological polar surface area (TPSA) is 109 Å². The summed E-state index contributed by atoms with van der Waals surface area (Å²) < 4.78 is 4.92. The van der Waals surface area contributed by atoms with Crippen LogP contribution in [-0.2, 0) is 20.7 Å². The number of amides is 2. The van der Waals surface area contributed by atoms with Gasteiger partial charge in [0.2, 0.25) is 5.91 Å². The molecule has 22 heavy (non-hydrogen) atoms. The summed E-state index contributed by atoms with van der Waals surface area (Å²) >= 11 is 0. The van der Waals surface area contributed by atoms with E-state index < -0.39 is 11.9 Å². The molecular weight excluding hydrogens is 284 g/mol. The van der Waals surface area contributed by atoms with E-state index in [2.05, 4.69) is 15.8 Å². The standard InChI is InChI=1S/C15H18N4O3/c16-12(15(21)19-18-14(20)10-7-22-8-10)5-9-6-17-13-4-2-1-3-11(9)13/h1-4,6,10,12,17H,5,7-8,16H2,(H,18,20)(H,19,21)/t12-/m1/s1. The van der Waals surface area contributed by atoms with E-state index in [1.54, 1.807) is 0 Å². The molecule has 0 radical (unpaired) electrons. The zero-order valence-corrected chi connectivity index (χ0v) is 12.0. The van der Waals surface area contributed by atoms with Gasteiger partial charge in [0, 0.05) is 17.1 Å². The lowest BCUT2D eigenvalue weighted by Crippen LogP contribution is -2.53. The normalized spacial score (nSPS) is 16.0. The Labute approximate surface area is 127 Å². The zero-order valence-electron chi connectivity index (χ0n) is 12.0. The zero-order chi connectivity index (χ0) is 15.5. The van der Waals surface area contributed by atoms with Crippen LogP contribution in [0.4, 0.5) is 0 Å². The van der Waals surface area contributed by atoms with E-state index in [1.165, 1.54) is 0 Å². The van der Waals surface area contributed by atoms with Gasteiger partial charge in [-0.15, -0.1) is 0 Å². The highest BCUT2D eigenvalue weighted by atomic mass is 16.5. The van der Waals surface area contributed by atoms with E-state index in [9.17, 15) is 9.59 Å². The first-order valence-electron chi connectivity index (χ1n) is 7.13. The molecule has 1 aromatic carbocycles. The van der Waals surface area contributed by atoms with Crippen molar-refractivity contribution in [3.8, 4) is 0 Å². The molecule has 2 aromatic rings. The molecule has 0 bridgehead atoms. The Balaban J connectivity index is 1.55. The number of rotatable bonds is 4. The summed E-state index contributed by atoms with van der Waals surface area (Å²) in [6.45, 7) is 0.784. The van der Waals surface area contributed by atoms with Crippen molar-refractivity contribution in [3.05, 3.63) is 36.0 Å². The lowest BCUT2D eigenvalue weighted by molar-refractivity contribution is -0.142. The third-order valence-electron chi connectivity index (χ3n) is 3.77. The number of nitrogens with two attached hydrogens (primary N) is 1. The predicted octanol–water partition coefficient (Wildman–Crippen LogP) is -0.168. The largest absolute Gasteiger partial charge is 0.380 e. The highest BCUT2D eigenvalue weighted by Crippen LogP contribution is 2.18. The van der Waals surface area contributed by atoms with Crippen molar-refractivity contribution in [2.45, 2.75) is 12.5 Å². The van der Waals surface area contributed by atoms with Crippen molar-refractivity contribution >= 4 is 22.7 Å². The molecule has 7 nitrogen and oxygen atoms in total. The summed E-state index contributed by atoms with van der Waals surface area (Å²) in [5, 5.41) is 1.04. The number of carbonyl (C=O) groups excluding carboxylic acids is 2. The van der Waals surface area contributed by atoms with Crippen LogP contribution in [0.1, 0.15) is 5.56 Å². The number of nitrogens with one attached hydrogen (secondary N) is 3. The number of carbonyl (C=O) groups is 2. The summed E-state index contributed by atoms with van der Waals surface area (Å²) in [4.78, 5) is 26.7. The molecule has 2 heterocycles. The van der Waals surface area contributed by atoms with Crippen molar-refractivity contribution in [3.63, 3.8) is 0 Å². The molecule has 1 aliphatic heterocycles. The molecule has 1 aromatic heterocycles. The Morgan fingerprint density at radius 3 is 2.82 bits per heavy atom. The maximum Gasteiger partial charge on any atom is 0.255 e. The fraction of sp³-hybridized carbons (Fsp3) is 0.333. The molecule has 7 heteroatoms. The average Bonchev–Trinajstić information content (AvgIpc) is 2.86. The van der Waals surface area contributed by atoms with Gasteiger partial charge in [0.15, 0.2) is 0 Å². The quantitative estimate of drug-likeness (QED) is 0.588. The first-order valence-corrected chi connectivity index (χ1v) is 7.13. The number of hydrogen-bond acceptors (Lipinski definition) is 4. The lowest BCUT2D eigenvalue weighted by atomic mass is 10.1. The highest BCUT2D eigenvalue weighted by molar-refractivity contribution is 5.88. The van der Waals surface area contributed by atoms with Gasteiger partial charge in [-0.3, -0.25) is 20.4 Å². The second-order valence-electron chi connectivity index (χ2n) is 5.38. The molecule has 5 N–H and O–H groups in total. The van der Waals surface area contributed by atoms with Gasteiger partial charge >= 0.3 is 0 Å². The van der Waals surface area contributed by atoms with Gasteiger partial charge in [-0.25, -0.2) is 0 Å². The van der Waals surface area contributed by atoms with E-state index in [-0.39, 0.29) is 11.8 Å². The van der Waals surface area contributed by atoms with Crippen LogP contribution < -0.4 is 16.6 Å². The number of hydrogen-bond donors (Lipinski definition) is 4. The monoisotopic (exact) mass is 302 g/mol. The number of fused-ring (bicyclic) bond motifs is 1. The van der Waals surface area contributed by atoms with Crippen LogP contribution in [0, 0.1) is 5.92 Å². The number of aromatic nitrogens is 1. The fourth-order valence-corrected chi connectivity index (χ4v) is 2.34. The molecule has 116 valence electrons. The van der Waals surface area contributed by atoms with Crippen molar-refractivity contribution in [1.29, 1.82) is 0 Å². The minimum atomic E-state index is -0.739. The van der Waals surface area contributed by atoms with Gasteiger partial charge in [-0.05, 0) is 18.1 Å². The number of aromatic amines is 1. The van der Waals surface area contributed by atoms with Crippen LogP contribution in [0.5, 0.6) is 0 Å². The van der Waals surface area contributed by atoms with Crippen LogP contribution in [0.25, 0.3) is 10.9 Å². The van der Waals surface area contributed by atoms with Crippen LogP contribution in [0.3, 0.4) is 0 Å². The number of para-hydroxylation sites is 1. The third kappa shape index (κ3) is 2.95. The van der Waals surface area contributed by atoms with Crippen molar-refractivity contribution in [2.75, 3.05) is 13.2 Å². The molecule has 1 saturated heterocycles. The molecular formula is C15H18N4O3. The van der Waals surface area contributed by atoms with Gasteiger partial charge in [-0.2, -0.15) is 0 Å². The van der Waals surface area contributed by atoms with E-state index in [0.29, 0.717) is 19.6 Å². The molecule has 2 amide bonds. The molecule has 3 rings (SSSR count). The second-order valence-corrected chi connectivity index (χ2v) is 5.38. The Hall–Kier alpha value is -2.38. The van der Waals surface area contributed by atoms with Crippen molar-refractivity contribution < 1.29 is 14.3 Å². The molecule has 0 saturated carbocycles. The summed E-state index contributed by atoms with van der Waals surface area (Å²) in [6.07, 6.45) is 2.24. The molecule has 0 aliphatic carbocycles. The van der Waals surface area contributed by atoms with Crippen LogP contribution in [0.2, 0.25) is 0 Å². The summed E-state index contributed by atoms with van der Waals surface area (Å²) in [5.41, 5.74) is 12.6. The Morgan fingerprint density at radius 2 is 2.09 bits per heavy atom. The third-order valence-corrected chi connectivity index (χ3v) is 3.77. The maximum atomic E-state index is 11.9. The molecule has 1 aliphatic rings. The fourth-order valence-electron chi connectivity index (χ4n) is 2.34. The summed E-state index contributed by atoms with van der Waals surface area (Å²) in [6, 6.07) is 7.08. The van der Waals surface area contributed by atoms with Gasteiger partial charge in [-0.1, -0.05) is 18.2 Å². The minimum Gasteiger partial charge on any atom is -0.380 e. The van der Waals surface area contributed by atoms with Crippen LogP contribution in [0.15, 0.2) is 30.5 Å². The van der Waals surface area contributed by atoms with Gasteiger partial charge in [0.25, 0.3) is 5.91 Å². The first-order chi connectivity index (χ1) is 10.6. The molecule has 1 atom stereocenters. The predicted molar refractivity (Wildman–Crippen MR) is 80.6 cm³/mol. The van der Waals surface area contributed by atoms with Crippen molar-refractivity contribution in [1.82, 2.24) is 15.8 Å². The van der Waals surface area contributed by atoms with E-state index in [4.69, 9.17) is 10.5 Å². The van der Waals surface area contributed by atoms with E-state index in [0.717, 1.165) is 16.5 Å². The van der Waals surface area contributed by atoms with Crippen LogP contribution in [-0.4, -0.2) is 36.1 Å². The lowest BCUT2D eigenvalue weighted by Gasteiger charge is -2.25. The SMILES string of the molecule is N[C@H](Cc1c[nH]c2ccccc12)C(=O)NNC(=O)C1COC1. The van der Waals surface area contributed by atoms with Gasteiger partial charge in [0.05, 0.1) is 25.2 Å². The first kappa shape index (κ1) is 14.6. The Bertz CT molecular complexity index is 693. The summed E-state index contributed by atoms with van der Waals surface area (Å²) in [5.74, 6) is -0.858. The second kappa shape index (κ2) is 6.17. The maximum absolute atomic E-state index is 11.9. The molecule has 1 fully saturated rings. The van der Waals surface area contributed by atoms with Crippen LogP contribution >= 0.6 is 0 Å². The van der Waals surface area contributed by atoms with Gasteiger partial charge < -0.3 is 15.5 Å². The highest BCUT2D eigenvalue weighted by Gasteiger charge is 2.27. The minimum absolute atomic E-state index is 0.190. The Kier molecular flexibility index (Phi) is 4.08. The molecule has 0 unspecified atom stereocenters.